The molecular weight excluding hydrogens is 233 g/mol. The highest BCUT2D eigenvalue weighted by Crippen LogP contribution is 2.18. The van der Waals surface area contributed by atoms with Crippen LogP contribution in [0.15, 0.2) is 18.2 Å². The minimum Gasteiger partial charge on any atom is -0.491 e. The summed E-state index contributed by atoms with van der Waals surface area (Å²) in [5.41, 5.74) is 0.964. The monoisotopic (exact) mass is 255 g/mol. The molecule has 18 heavy (non-hydrogen) atoms. The van der Waals surface area contributed by atoms with E-state index in [1.807, 2.05) is 13.0 Å². The van der Waals surface area contributed by atoms with Crippen LogP contribution < -0.4 is 10.1 Å². The first-order valence-corrected chi connectivity index (χ1v) is 6.50. The molecule has 2 N–H and O–H groups in total. The third kappa shape index (κ3) is 5.47. The molecule has 1 aromatic rings. The van der Waals surface area contributed by atoms with Gasteiger partial charge in [0.05, 0.1) is 6.61 Å². The number of hydrogen-bond acceptors (Lipinski definition) is 3. The Bertz CT molecular complexity index is 345. The molecule has 0 atom stereocenters. The predicted molar refractivity (Wildman–Crippen MR) is 70.5 cm³/mol. The van der Waals surface area contributed by atoms with Crippen molar-refractivity contribution in [3.63, 3.8) is 0 Å². The van der Waals surface area contributed by atoms with Crippen LogP contribution in [-0.2, 0) is 6.42 Å². The fourth-order valence-corrected chi connectivity index (χ4v) is 1.69. The van der Waals surface area contributed by atoms with Gasteiger partial charge in [-0.15, -0.1) is 0 Å². The largest absolute Gasteiger partial charge is 0.491 e. The Morgan fingerprint density at radius 1 is 1.28 bits per heavy atom. The maximum Gasteiger partial charge on any atom is 0.165 e. The minimum absolute atomic E-state index is 0.242. The van der Waals surface area contributed by atoms with E-state index in [9.17, 15) is 4.39 Å². The molecule has 0 spiro atoms. The van der Waals surface area contributed by atoms with Gasteiger partial charge in [0.1, 0.15) is 0 Å². The van der Waals surface area contributed by atoms with Gasteiger partial charge in [0.2, 0.25) is 0 Å². The topological polar surface area (TPSA) is 41.5 Å². The number of unbranched alkanes of at least 4 members (excludes halogenated alkanes) is 1. The number of nitrogens with one attached hydrogen (secondary N) is 1. The van der Waals surface area contributed by atoms with Gasteiger partial charge in [-0.1, -0.05) is 6.07 Å². The van der Waals surface area contributed by atoms with E-state index in [-0.39, 0.29) is 12.4 Å². The van der Waals surface area contributed by atoms with E-state index in [0.29, 0.717) is 12.4 Å². The number of benzene rings is 1. The van der Waals surface area contributed by atoms with Gasteiger partial charge in [0.25, 0.3) is 0 Å². The highest BCUT2D eigenvalue weighted by atomic mass is 19.1. The average Bonchev–Trinajstić information content (AvgIpc) is 2.37. The Hall–Kier alpha value is -1.13. The van der Waals surface area contributed by atoms with Crippen molar-refractivity contribution in [3.8, 4) is 5.75 Å². The zero-order valence-corrected chi connectivity index (χ0v) is 10.9. The van der Waals surface area contributed by atoms with E-state index in [1.165, 1.54) is 6.07 Å². The van der Waals surface area contributed by atoms with Crippen molar-refractivity contribution in [3.05, 3.63) is 29.6 Å². The SMILES string of the molecule is CCOc1ccc(CCNCCCCO)cc1F. The molecule has 1 aromatic carbocycles. The molecule has 0 aliphatic carbocycles. The van der Waals surface area contributed by atoms with Gasteiger partial charge in [-0.05, 0) is 57.0 Å². The minimum atomic E-state index is -0.297. The molecule has 102 valence electrons. The lowest BCUT2D eigenvalue weighted by Gasteiger charge is -2.07. The normalized spacial score (nSPS) is 10.6. The second-order valence-corrected chi connectivity index (χ2v) is 4.13. The van der Waals surface area contributed by atoms with Gasteiger partial charge in [0.15, 0.2) is 11.6 Å². The summed E-state index contributed by atoms with van der Waals surface area (Å²) < 4.78 is 18.7. The summed E-state index contributed by atoms with van der Waals surface area (Å²) in [6.45, 7) is 4.26. The lowest BCUT2D eigenvalue weighted by molar-refractivity contribution is 0.284. The van der Waals surface area contributed by atoms with Crippen molar-refractivity contribution < 1.29 is 14.2 Å². The van der Waals surface area contributed by atoms with Gasteiger partial charge in [-0.25, -0.2) is 4.39 Å². The highest BCUT2D eigenvalue weighted by Gasteiger charge is 2.03. The van der Waals surface area contributed by atoms with Crippen LogP contribution in [0, 0.1) is 5.82 Å². The van der Waals surface area contributed by atoms with E-state index >= 15 is 0 Å². The Morgan fingerprint density at radius 3 is 2.78 bits per heavy atom. The predicted octanol–water partition coefficient (Wildman–Crippen LogP) is 2.13. The molecule has 0 heterocycles. The van der Waals surface area contributed by atoms with Crippen molar-refractivity contribution in [2.24, 2.45) is 0 Å². The first-order chi connectivity index (χ1) is 8.77. The summed E-state index contributed by atoms with van der Waals surface area (Å²) in [6.07, 6.45) is 2.58. The maximum absolute atomic E-state index is 13.5. The smallest absolute Gasteiger partial charge is 0.165 e. The van der Waals surface area contributed by atoms with Crippen LogP contribution in [0.1, 0.15) is 25.3 Å². The average molecular weight is 255 g/mol. The summed E-state index contributed by atoms with van der Waals surface area (Å²) in [7, 11) is 0. The van der Waals surface area contributed by atoms with Crippen LogP contribution in [0.5, 0.6) is 5.75 Å². The summed E-state index contributed by atoms with van der Waals surface area (Å²) in [6, 6.07) is 5.10. The molecule has 0 saturated heterocycles. The fourth-order valence-electron chi connectivity index (χ4n) is 1.69. The van der Waals surface area contributed by atoms with Gasteiger partial charge < -0.3 is 15.2 Å². The number of hydrogen-bond donors (Lipinski definition) is 2. The van der Waals surface area contributed by atoms with E-state index in [0.717, 1.165) is 37.9 Å². The van der Waals surface area contributed by atoms with Crippen LogP contribution >= 0.6 is 0 Å². The molecule has 0 amide bonds. The standard InChI is InChI=1S/C14H22FNO2/c1-2-18-14-6-5-12(11-13(14)15)7-9-16-8-3-4-10-17/h5-6,11,16-17H,2-4,7-10H2,1H3. The lowest BCUT2D eigenvalue weighted by atomic mass is 10.1. The van der Waals surface area contributed by atoms with Crippen LogP contribution in [-0.4, -0.2) is 31.4 Å². The van der Waals surface area contributed by atoms with Crippen LogP contribution in [0.25, 0.3) is 0 Å². The molecule has 0 aliphatic heterocycles. The Kier molecular flexibility index (Phi) is 7.37. The molecule has 0 saturated carbocycles. The van der Waals surface area contributed by atoms with Crippen LogP contribution in [0.2, 0.25) is 0 Å². The lowest BCUT2D eigenvalue weighted by Crippen LogP contribution is -2.18. The quantitative estimate of drug-likeness (QED) is 0.664. The third-order valence-corrected chi connectivity index (χ3v) is 2.65. The summed E-state index contributed by atoms with van der Waals surface area (Å²) >= 11 is 0. The van der Waals surface area contributed by atoms with Gasteiger partial charge in [-0.2, -0.15) is 0 Å². The first-order valence-electron chi connectivity index (χ1n) is 6.50. The Labute approximate surface area is 108 Å². The highest BCUT2D eigenvalue weighted by molar-refractivity contribution is 5.29. The number of rotatable bonds is 9. The van der Waals surface area contributed by atoms with Gasteiger partial charge in [-0.3, -0.25) is 0 Å². The van der Waals surface area contributed by atoms with Crippen molar-refractivity contribution in [2.45, 2.75) is 26.2 Å². The molecule has 0 fully saturated rings. The Balaban J connectivity index is 2.28. The fraction of sp³-hybridized carbons (Fsp3) is 0.571. The molecule has 1 rings (SSSR count). The Morgan fingerprint density at radius 2 is 2.11 bits per heavy atom. The second-order valence-electron chi connectivity index (χ2n) is 4.13. The third-order valence-electron chi connectivity index (χ3n) is 2.65. The van der Waals surface area contributed by atoms with Crippen molar-refractivity contribution in [2.75, 3.05) is 26.3 Å². The van der Waals surface area contributed by atoms with Crippen LogP contribution in [0.3, 0.4) is 0 Å². The molecule has 0 aromatic heterocycles. The summed E-state index contributed by atoms with van der Waals surface area (Å²) in [5.74, 6) is 0.0202. The maximum atomic E-state index is 13.5. The molecular formula is C14H22FNO2. The van der Waals surface area contributed by atoms with E-state index in [4.69, 9.17) is 9.84 Å². The first kappa shape index (κ1) is 14.9. The molecule has 0 bridgehead atoms. The van der Waals surface area contributed by atoms with E-state index in [2.05, 4.69) is 5.32 Å². The number of ether oxygens (including phenoxy) is 1. The summed E-state index contributed by atoms with van der Waals surface area (Å²) in [5, 5.41) is 11.9. The number of aliphatic hydroxyl groups is 1. The molecule has 0 unspecified atom stereocenters. The second kappa shape index (κ2) is 8.89. The van der Waals surface area contributed by atoms with E-state index in [1.54, 1.807) is 6.07 Å². The molecule has 4 heteroatoms. The molecule has 3 nitrogen and oxygen atoms in total. The van der Waals surface area contributed by atoms with Gasteiger partial charge >= 0.3 is 0 Å². The van der Waals surface area contributed by atoms with Gasteiger partial charge in [0, 0.05) is 6.61 Å². The summed E-state index contributed by atoms with van der Waals surface area (Å²) in [4.78, 5) is 0. The van der Waals surface area contributed by atoms with E-state index < -0.39 is 0 Å². The number of aliphatic hydroxyl groups excluding tert-OH is 1. The molecule has 0 aliphatic rings. The van der Waals surface area contributed by atoms with Crippen molar-refractivity contribution >= 4 is 0 Å². The number of halogens is 1. The van der Waals surface area contributed by atoms with Crippen molar-refractivity contribution in [1.29, 1.82) is 0 Å². The van der Waals surface area contributed by atoms with Crippen molar-refractivity contribution in [1.82, 2.24) is 5.32 Å². The molecule has 0 radical (unpaired) electrons. The zero-order chi connectivity index (χ0) is 13.2. The zero-order valence-electron chi connectivity index (χ0n) is 10.9. The van der Waals surface area contributed by atoms with Crippen LogP contribution in [0.4, 0.5) is 4.39 Å².